The second-order valence-electron chi connectivity index (χ2n) is 7.57. The van der Waals surface area contributed by atoms with Gasteiger partial charge in [-0.1, -0.05) is 42.5 Å². The summed E-state index contributed by atoms with van der Waals surface area (Å²) < 4.78 is 12.4. The van der Waals surface area contributed by atoms with Gasteiger partial charge in [0.15, 0.2) is 0 Å². The van der Waals surface area contributed by atoms with E-state index in [1.807, 2.05) is 54.6 Å². The SMILES string of the molecule is C[N+]1(CCOc2ccccc2N=Nc2c(O)ccc3ccccc23)CCOCC1. The van der Waals surface area contributed by atoms with E-state index in [9.17, 15) is 5.11 Å². The number of benzene rings is 3. The molecule has 4 rings (SSSR count). The van der Waals surface area contributed by atoms with E-state index in [0.29, 0.717) is 23.7 Å². The number of quaternary nitrogens is 1. The van der Waals surface area contributed by atoms with Crippen LogP contribution in [0.5, 0.6) is 11.5 Å². The molecule has 0 bridgehead atoms. The smallest absolute Gasteiger partial charge is 0.147 e. The first-order valence-electron chi connectivity index (χ1n) is 9.90. The molecule has 1 fully saturated rings. The molecule has 0 amide bonds. The molecule has 1 N–H and O–H groups in total. The predicted molar refractivity (Wildman–Crippen MR) is 113 cm³/mol. The minimum atomic E-state index is 0.107. The molecule has 0 spiro atoms. The number of phenols is 1. The number of hydrogen-bond donors (Lipinski definition) is 1. The Morgan fingerprint density at radius 1 is 0.966 bits per heavy atom. The van der Waals surface area contributed by atoms with E-state index in [1.165, 1.54) is 0 Å². The number of morpholine rings is 1. The van der Waals surface area contributed by atoms with Crippen LogP contribution in [0.3, 0.4) is 0 Å². The van der Waals surface area contributed by atoms with Crippen molar-refractivity contribution in [3.8, 4) is 11.5 Å². The Kier molecular flexibility index (Phi) is 5.74. The molecule has 29 heavy (non-hydrogen) atoms. The number of likely N-dealkylation sites (N-methyl/N-ethyl adjacent to an activating group) is 1. The summed E-state index contributed by atoms with van der Waals surface area (Å²) in [6.45, 7) is 5.13. The van der Waals surface area contributed by atoms with Gasteiger partial charge in [0.2, 0.25) is 0 Å². The summed E-state index contributed by atoms with van der Waals surface area (Å²) in [6, 6.07) is 18.9. The van der Waals surface area contributed by atoms with Crippen LogP contribution in [-0.4, -0.2) is 56.1 Å². The summed E-state index contributed by atoms with van der Waals surface area (Å²) in [7, 11) is 2.24. The maximum absolute atomic E-state index is 10.3. The molecule has 0 radical (unpaired) electrons. The Hall–Kier alpha value is -2.96. The van der Waals surface area contributed by atoms with E-state index >= 15 is 0 Å². The van der Waals surface area contributed by atoms with Gasteiger partial charge >= 0.3 is 0 Å². The molecule has 6 nitrogen and oxygen atoms in total. The molecule has 6 heteroatoms. The first-order chi connectivity index (χ1) is 14.1. The number of fused-ring (bicyclic) bond motifs is 1. The molecule has 0 saturated carbocycles. The van der Waals surface area contributed by atoms with Crippen LogP contribution in [0.4, 0.5) is 11.4 Å². The summed E-state index contributed by atoms with van der Waals surface area (Å²) in [5.74, 6) is 0.798. The highest BCUT2D eigenvalue weighted by atomic mass is 16.5. The van der Waals surface area contributed by atoms with Gasteiger partial charge < -0.3 is 19.1 Å². The monoisotopic (exact) mass is 392 g/mol. The number of azo groups is 1. The van der Waals surface area contributed by atoms with Crippen molar-refractivity contribution in [2.24, 2.45) is 10.2 Å². The zero-order valence-electron chi connectivity index (χ0n) is 16.6. The Morgan fingerprint density at radius 3 is 2.59 bits per heavy atom. The van der Waals surface area contributed by atoms with Crippen molar-refractivity contribution in [2.45, 2.75) is 0 Å². The molecule has 1 aliphatic heterocycles. The van der Waals surface area contributed by atoms with Crippen molar-refractivity contribution < 1.29 is 19.1 Å². The third-order valence-electron chi connectivity index (χ3n) is 5.44. The topological polar surface area (TPSA) is 63.4 Å². The number of phenolic OH excluding ortho intramolecular Hbond substituents is 1. The first kappa shape index (κ1) is 19.4. The van der Waals surface area contributed by atoms with Crippen LogP contribution in [0.2, 0.25) is 0 Å². The van der Waals surface area contributed by atoms with Crippen molar-refractivity contribution >= 4 is 22.1 Å². The molecule has 0 aliphatic carbocycles. The minimum absolute atomic E-state index is 0.107. The lowest BCUT2D eigenvalue weighted by atomic mass is 10.1. The molecule has 3 aromatic rings. The third kappa shape index (κ3) is 4.55. The van der Waals surface area contributed by atoms with E-state index in [2.05, 4.69) is 17.3 Å². The Morgan fingerprint density at radius 2 is 1.72 bits per heavy atom. The van der Waals surface area contributed by atoms with E-state index < -0.39 is 0 Å². The van der Waals surface area contributed by atoms with Crippen LogP contribution < -0.4 is 4.74 Å². The molecule has 1 saturated heterocycles. The maximum Gasteiger partial charge on any atom is 0.147 e. The van der Waals surface area contributed by atoms with E-state index in [0.717, 1.165) is 48.1 Å². The van der Waals surface area contributed by atoms with Crippen LogP contribution in [-0.2, 0) is 4.74 Å². The normalized spacial score (nSPS) is 16.3. The highest BCUT2D eigenvalue weighted by Gasteiger charge is 2.25. The van der Waals surface area contributed by atoms with Gasteiger partial charge in [0.05, 0.1) is 20.3 Å². The number of ether oxygens (including phenoxy) is 2. The quantitative estimate of drug-likeness (QED) is 0.483. The van der Waals surface area contributed by atoms with Gasteiger partial charge in [-0.25, -0.2) is 0 Å². The van der Waals surface area contributed by atoms with Gasteiger partial charge in [0.1, 0.15) is 49.1 Å². The largest absolute Gasteiger partial charge is 0.506 e. The average molecular weight is 392 g/mol. The second kappa shape index (κ2) is 8.59. The predicted octanol–water partition coefficient (Wildman–Crippen LogP) is 4.82. The van der Waals surface area contributed by atoms with E-state index in [-0.39, 0.29) is 5.75 Å². The van der Waals surface area contributed by atoms with Crippen LogP contribution >= 0.6 is 0 Å². The summed E-state index contributed by atoms with van der Waals surface area (Å²) in [6.07, 6.45) is 0. The van der Waals surface area contributed by atoms with Crippen LogP contribution in [0, 0.1) is 0 Å². The van der Waals surface area contributed by atoms with Crippen molar-refractivity contribution in [3.05, 3.63) is 60.7 Å². The maximum atomic E-state index is 10.3. The second-order valence-corrected chi connectivity index (χ2v) is 7.57. The summed E-state index contributed by atoms with van der Waals surface area (Å²) in [4.78, 5) is 0. The molecule has 3 aromatic carbocycles. The summed E-state index contributed by atoms with van der Waals surface area (Å²) in [5, 5.41) is 20.9. The lowest BCUT2D eigenvalue weighted by Crippen LogP contribution is -2.53. The number of para-hydroxylation sites is 1. The fourth-order valence-corrected chi connectivity index (χ4v) is 3.50. The Bertz CT molecular complexity index is 1010. The molecule has 0 unspecified atom stereocenters. The number of rotatable bonds is 6. The van der Waals surface area contributed by atoms with Crippen molar-refractivity contribution in [1.82, 2.24) is 0 Å². The lowest BCUT2D eigenvalue weighted by molar-refractivity contribution is -0.916. The number of hydrogen-bond acceptors (Lipinski definition) is 5. The standard InChI is InChI=1S/C23H25N3O3/c1-26(12-15-28-16-13-26)14-17-29-22-9-5-4-8-20(22)24-25-23-19-7-3-2-6-18(19)10-11-21(23)27/h2-11H,12-17H2,1H3/p+1. The fraction of sp³-hybridized carbons (Fsp3) is 0.304. The zero-order chi connectivity index (χ0) is 20.1. The first-order valence-corrected chi connectivity index (χ1v) is 9.90. The van der Waals surface area contributed by atoms with Crippen LogP contribution in [0.15, 0.2) is 70.9 Å². The van der Waals surface area contributed by atoms with Crippen molar-refractivity contribution in [2.75, 3.05) is 46.5 Å². The van der Waals surface area contributed by atoms with E-state index in [4.69, 9.17) is 9.47 Å². The fourth-order valence-electron chi connectivity index (χ4n) is 3.50. The highest BCUT2D eigenvalue weighted by molar-refractivity contribution is 5.95. The minimum Gasteiger partial charge on any atom is -0.506 e. The third-order valence-corrected chi connectivity index (χ3v) is 5.44. The number of nitrogens with zero attached hydrogens (tertiary/aromatic N) is 3. The van der Waals surface area contributed by atoms with E-state index in [1.54, 1.807) is 6.07 Å². The van der Waals surface area contributed by atoms with Crippen LogP contribution in [0.25, 0.3) is 10.8 Å². The number of aromatic hydroxyl groups is 1. The van der Waals surface area contributed by atoms with Gasteiger partial charge in [-0.2, -0.15) is 0 Å². The van der Waals surface area contributed by atoms with Gasteiger partial charge in [-0.15, -0.1) is 10.2 Å². The average Bonchev–Trinajstić information content (AvgIpc) is 2.74. The van der Waals surface area contributed by atoms with Gasteiger partial charge in [0, 0.05) is 5.39 Å². The molecule has 0 atom stereocenters. The summed E-state index contributed by atoms with van der Waals surface area (Å²) in [5.41, 5.74) is 1.11. The summed E-state index contributed by atoms with van der Waals surface area (Å²) >= 11 is 0. The van der Waals surface area contributed by atoms with Crippen molar-refractivity contribution in [1.29, 1.82) is 0 Å². The molecular weight excluding hydrogens is 366 g/mol. The van der Waals surface area contributed by atoms with Crippen molar-refractivity contribution in [3.63, 3.8) is 0 Å². The lowest BCUT2D eigenvalue weighted by Gasteiger charge is -2.37. The van der Waals surface area contributed by atoms with Gasteiger partial charge in [0.25, 0.3) is 0 Å². The van der Waals surface area contributed by atoms with Crippen LogP contribution in [0.1, 0.15) is 0 Å². The van der Waals surface area contributed by atoms with Gasteiger partial charge in [-0.05, 0) is 23.6 Å². The van der Waals surface area contributed by atoms with Gasteiger partial charge in [-0.3, -0.25) is 0 Å². The Labute approximate surface area is 170 Å². The molecule has 1 heterocycles. The Balaban J connectivity index is 1.51. The molecular formula is C23H26N3O3+. The molecule has 1 aliphatic rings. The molecule has 0 aromatic heterocycles. The molecule has 150 valence electrons. The highest BCUT2D eigenvalue weighted by Crippen LogP contribution is 2.37. The zero-order valence-corrected chi connectivity index (χ0v) is 16.6.